The summed E-state index contributed by atoms with van der Waals surface area (Å²) in [5.41, 5.74) is 8.99. The van der Waals surface area contributed by atoms with E-state index in [0.29, 0.717) is 28.7 Å². The summed E-state index contributed by atoms with van der Waals surface area (Å²) >= 11 is 5.92. The SMILES string of the molecule is NC1=C2C(=O)N(Cc3ccncc3)C(=O)CC2c2ccc(OCc3ccc(Cl)cc3)cc2O1. The van der Waals surface area contributed by atoms with E-state index in [2.05, 4.69) is 4.98 Å². The van der Waals surface area contributed by atoms with Crippen molar-refractivity contribution in [1.82, 2.24) is 9.88 Å². The van der Waals surface area contributed by atoms with E-state index < -0.39 is 11.8 Å². The Morgan fingerprint density at radius 3 is 2.58 bits per heavy atom. The third-order valence-corrected chi connectivity index (χ3v) is 6.01. The van der Waals surface area contributed by atoms with Crippen molar-refractivity contribution in [3.05, 3.63) is 100 Å². The van der Waals surface area contributed by atoms with E-state index in [0.717, 1.165) is 16.7 Å². The van der Waals surface area contributed by atoms with Crippen LogP contribution in [0.1, 0.15) is 29.0 Å². The van der Waals surface area contributed by atoms with E-state index in [-0.39, 0.29) is 24.8 Å². The fraction of sp³-hybridized carbons (Fsp3) is 0.160. The van der Waals surface area contributed by atoms with Crippen LogP contribution in [0.2, 0.25) is 5.02 Å². The second-order valence-electron chi connectivity index (χ2n) is 7.89. The minimum atomic E-state index is -0.451. The first-order chi connectivity index (χ1) is 16.0. The fourth-order valence-electron chi connectivity index (χ4n) is 4.07. The minimum Gasteiger partial charge on any atom is -0.489 e. The van der Waals surface area contributed by atoms with Crippen molar-refractivity contribution in [2.45, 2.75) is 25.5 Å². The van der Waals surface area contributed by atoms with Crippen LogP contribution in [0.15, 0.2) is 78.4 Å². The lowest BCUT2D eigenvalue weighted by Gasteiger charge is -2.36. The number of carbonyl (C=O) groups excluding carboxylic acids is 2. The van der Waals surface area contributed by atoms with Gasteiger partial charge in [-0.3, -0.25) is 19.5 Å². The Morgan fingerprint density at radius 1 is 1.06 bits per heavy atom. The van der Waals surface area contributed by atoms with Crippen LogP contribution in [-0.2, 0) is 22.7 Å². The van der Waals surface area contributed by atoms with Crippen LogP contribution in [0.4, 0.5) is 0 Å². The van der Waals surface area contributed by atoms with Gasteiger partial charge in [0.25, 0.3) is 5.91 Å². The average molecular weight is 462 g/mol. The van der Waals surface area contributed by atoms with E-state index in [4.69, 9.17) is 26.8 Å². The maximum atomic E-state index is 13.2. The third kappa shape index (κ3) is 4.15. The molecule has 2 aliphatic heterocycles. The molecule has 3 heterocycles. The monoisotopic (exact) mass is 461 g/mol. The Morgan fingerprint density at radius 2 is 1.82 bits per heavy atom. The number of imide groups is 1. The molecule has 5 rings (SSSR count). The Kier molecular flexibility index (Phi) is 5.48. The summed E-state index contributed by atoms with van der Waals surface area (Å²) in [6.45, 7) is 0.519. The van der Waals surface area contributed by atoms with Gasteiger partial charge in [0, 0.05) is 41.4 Å². The zero-order chi connectivity index (χ0) is 22.9. The number of aromatic nitrogens is 1. The molecule has 0 bridgehead atoms. The number of piperidine rings is 1. The smallest absolute Gasteiger partial charge is 0.262 e. The molecule has 8 heteroatoms. The molecule has 1 fully saturated rings. The summed E-state index contributed by atoms with van der Waals surface area (Å²) < 4.78 is 11.7. The molecular weight excluding hydrogens is 442 g/mol. The molecule has 1 aromatic heterocycles. The molecule has 2 amide bonds. The first-order valence-electron chi connectivity index (χ1n) is 10.4. The van der Waals surface area contributed by atoms with Crippen LogP contribution in [0, 0.1) is 0 Å². The number of benzene rings is 2. The maximum absolute atomic E-state index is 13.2. The molecule has 7 nitrogen and oxygen atoms in total. The van der Waals surface area contributed by atoms with Gasteiger partial charge in [0.15, 0.2) is 5.88 Å². The minimum absolute atomic E-state index is 0.0135. The van der Waals surface area contributed by atoms with Crippen molar-refractivity contribution in [3.63, 3.8) is 0 Å². The molecule has 2 aromatic carbocycles. The quantitative estimate of drug-likeness (QED) is 0.579. The second-order valence-corrected chi connectivity index (χ2v) is 8.33. The highest BCUT2D eigenvalue weighted by atomic mass is 35.5. The van der Waals surface area contributed by atoms with E-state index >= 15 is 0 Å². The van der Waals surface area contributed by atoms with Gasteiger partial charge in [0.1, 0.15) is 18.1 Å². The van der Waals surface area contributed by atoms with E-state index in [9.17, 15) is 9.59 Å². The molecule has 0 aliphatic carbocycles. The lowest BCUT2D eigenvalue weighted by molar-refractivity contribution is -0.146. The molecule has 0 radical (unpaired) electrons. The van der Waals surface area contributed by atoms with E-state index in [1.54, 1.807) is 48.8 Å². The number of carbonyl (C=O) groups is 2. The number of rotatable bonds is 5. The van der Waals surface area contributed by atoms with Crippen LogP contribution in [0.25, 0.3) is 0 Å². The van der Waals surface area contributed by atoms with Gasteiger partial charge in [-0.05, 0) is 41.5 Å². The Hall–Kier alpha value is -3.84. The molecular formula is C25H20ClN3O4. The summed E-state index contributed by atoms with van der Waals surface area (Å²) in [6.07, 6.45) is 3.38. The molecule has 2 N–H and O–H groups in total. The van der Waals surface area contributed by atoms with Gasteiger partial charge in [-0.15, -0.1) is 0 Å². The standard InChI is InChI=1S/C25H20ClN3O4/c26-17-3-1-16(2-4-17)14-32-18-5-6-19-20-12-22(30)29(13-15-7-9-28-10-8-15)25(31)23(20)24(27)33-21(19)11-18/h1-11,20H,12-14,27H2. The molecule has 0 spiro atoms. The summed E-state index contributed by atoms with van der Waals surface area (Å²) in [5.74, 6) is -0.0494. The van der Waals surface area contributed by atoms with E-state index in [1.807, 2.05) is 18.2 Å². The normalized spacial score (nSPS) is 17.4. The maximum Gasteiger partial charge on any atom is 0.262 e. The molecule has 1 saturated heterocycles. The van der Waals surface area contributed by atoms with Crippen molar-refractivity contribution in [2.75, 3.05) is 0 Å². The number of hydrogen-bond donors (Lipinski definition) is 1. The number of pyridine rings is 1. The topological polar surface area (TPSA) is 94.8 Å². The van der Waals surface area contributed by atoms with Gasteiger partial charge in [-0.25, -0.2) is 0 Å². The molecule has 166 valence electrons. The predicted octanol–water partition coefficient (Wildman–Crippen LogP) is 3.92. The zero-order valence-corrected chi connectivity index (χ0v) is 18.3. The predicted molar refractivity (Wildman–Crippen MR) is 121 cm³/mol. The number of halogens is 1. The highest BCUT2D eigenvalue weighted by Gasteiger charge is 2.43. The lowest BCUT2D eigenvalue weighted by atomic mass is 9.82. The molecule has 0 saturated carbocycles. The van der Waals surface area contributed by atoms with Crippen molar-refractivity contribution < 1.29 is 19.1 Å². The largest absolute Gasteiger partial charge is 0.489 e. The van der Waals surface area contributed by atoms with Gasteiger partial charge in [-0.2, -0.15) is 0 Å². The van der Waals surface area contributed by atoms with Crippen molar-refractivity contribution >= 4 is 23.4 Å². The van der Waals surface area contributed by atoms with E-state index in [1.165, 1.54) is 4.90 Å². The molecule has 3 aromatic rings. The van der Waals surface area contributed by atoms with Crippen molar-refractivity contribution in [1.29, 1.82) is 0 Å². The third-order valence-electron chi connectivity index (χ3n) is 5.76. The highest BCUT2D eigenvalue weighted by Crippen LogP contribution is 2.45. The Bertz CT molecular complexity index is 1260. The Balaban J connectivity index is 1.36. The van der Waals surface area contributed by atoms with Gasteiger partial charge in [0.2, 0.25) is 5.91 Å². The number of nitrogens with zero attached hydrogens (tertiary/aromatic N) is 2. The number of likely N-dealkylation sites (tertiary alicyclic amines) is 1. The van der Waals surface area contributed by atoms with Gasteiger partial charge in [0.05, 0.1) is 12.1 Å². The molecule has 1 unspecified atom stereocenters. The van der Waals surface area contributed by atoms with Crippen LogP contribution >= 0.6 is 11.6 Å². The zero-order valence-electron chi connectivity index (χ0n) is 17.5. The second kappa shape index (κ2) is 8.60. The summed E-state index contributed by atoms with van der Waals surface area (Å²) in [7, 11) is 0. The number of ether oxygens (including phenoxy) is 2. The molecule has 33 heavy (non-hydrogen) atoms. The average Bonchev–Trinajstić information content (AvgIpc) is 2.81. The van der Waals surface area contributed by atoms with Crippen LogP contribution in [-0.4, -0.2) is 21.7 Å². The van der Waals surface area contributed by atoms with Crippen LogP contribution < -0.4 is 15.2 Å². The summed E-state index contributed by atoms with van der Waals surface area (Å²) in [6, 6.07) is 16.3. The lowest BCUT2D eigenvalue weighted by Crippen LogP contribution is -2.46. The molecule has 1 atom stereocenters. The number of hydrogen-bond acceptors (Lipinski definition) is 6. The fourth-order valence-corrected chi connectivity index (χ4v) is 4.20. The summed E-state index contributed by atoms with van der Waals surface area (Å²) in [5, 5.41) is 0.662. The first kappa shape index (κ1) is 21.0. The number of amides is 2. The molecule has 2 aliphatic rings. The van der Waals surface area contributed by atoms with Gasteiger partial charge in [-0.1, -0.05) is 29.8 Å². The van der Waals surface area contributed by atoms with Crippen LogP contribution in [0.5, 0.6) is 11.5 Å². The van der Waals surface area contributed by atoms with Crippen LogP contribution in [0.3, 0.4) is 0 Å². The van der Waals surface area contributed by atoms with Gasteiger partial charge >= 0.3 is 0 Å². The Labute approximate surface area is 195 Å². The first-order valence-corrected chi connectivity index (χ1v) is 10.8. The van der Waals surface area contributed by atoms with Crippen molar-refractivity contribution in [2.24, 2.45) is 5.73 Å². The summed E-state index contributed by atoms with van der Waals surface area (Å²) in [4.78, 5) is 31.2. The highest BCUT2D eigenvalue weighted by molar-refractivity contribution is 6.30. The van der Waals surface area contributed by atoms with Crippen molar-refractivity contribution in [3.8, 4) is 11.5 Å². The number of nitrogens with two attached hydrogens (primary N) is 1. The number of fused-ring (bicyclic) bond motifs is 3. The van der Waals surface area contributed by atoms with Gasteiger partial charge < -0.3 is 15.2 Å².